The highest BCUT2D eigenvalue weighted by atomic mass is 35.5. The molecule has 0 unspecified atom stereocenters. The number of carbonyl (C=O) groups is 3. The van der Waals surface area contributed by atoms with Crippen molar-refractivity contribution in [3.63, 3.8) is 0 Å². The van der Waals surface area contributed by atoms with Gasteiger partial charge in [0.15, 0.2) is 6.61 Å². The van der Waals surface area contributed by atoms with Crippen LogP contribution in [-0.2, 0) is 19.1 Å². The van der Waals surface area contributed by atoms with Gasteiger partial charge in [0.25, 0.3) is 5.91 Å². The molecule has 10 heteroatoms. The van der Waals surface area contributed by atoms with Crippen molar-refractivity contribution in [3.05, 3.63) is 76.8 Å². The predicted octanol–water partition coefficient (Wildman–Crippen LogP) is 6.09. The number of methoxy groups -OCH3 is 1. The van der Waals surface area contributed by atoms with Gasteiger partial charge >= 0.3 is 5.97 Å². The normalized spacial score (nSPS) is 10.3. The molecule has 0 fully saturated rings. The van der Waals surface area contributed by atoms with Crippen LogP contribution < -0.4 is 20.1 Å². The van der Waals surface area contributed by atoms with Crippen LogP contribution in [0.15, 0.2) is 66.7 Å². The fraction of sp³-hybridized carbons (Fsp3) is 0.192. The topological polar surface area (TPSA) is 103 Å². The van der Waals surface area contributed by atoms with Crippen LogP contribution in [0.2, 0.25) is 10.0 Å². The Hall–Kier alpha value is -3.75. The molecule has 2 N–H and O–H groups in total. The fourth-order valence-corrected chi connectivity index (χ4v) is 3.29. The van der Waals surface area contributed by atoms with E-state index in [-0.39, 0.29) is 25.2 Å². The number of esters is 1. The van der Waals surface area contributed by atoms with Gasteiger partial charge in [0.1, 0.15) is 17.2 Å². The number of halogens is 2. The van der Waals surface area contributed by atoms with Gasteiger partial charge < -0.3 is 24.8 Å². The van der Waals surface area contributed by atoms with E-state index in [0.29, 0.717) is 32.9 Å². The summed E-state index contributed by atoms with van der Waals surface area (Å²) in [4.78, 5) is 35.9. The van der Waals surface area contributed by atoms with Crippen molar-refractivity contribution in [3.8, 4) is 17.2 Å². The van der Waals surface area contributed by atoms with E-state index in [1.54, 1.807) is 67.8 Å². The van der Waals surface area contributed by atoms with Crippen molar-refractivity contribution in [2.75, 3.05) is 24.4 Å². The first-order valence-corrected chi connectivity index (χ1v) is 11.7. The SMILES string of the molecule is COc1ccc(Oc2ccc(NC(=O)CCCC(=O)OCC(=O)Nc3ccc(Cl)c(Cl)c3)cc2)cc1. The van der Waals surface area contributed by atoms with Crippen LogP contribution in [0.25, 0.3) is 0 Å². The fourth-order valence-electron chi connectivity index (χ4n) is 2.99. The molecular formula is C26H24Cl2N2O6. The third-order valence-electron chi connectivity index (χ3n) is 4.79. The second-order valence-electron chi connectivity index (χ2n) is 7.54. The summed E-state index contributed by atoms with van der Waals surface area (Å²) >= 11 is 11.7. The average Bonchev–Trinajstić information content (AvgIpc) is 2.87. The minimum absolute atomic E-state index is 0.00210. The molecule has 0 aliphatic rings. The lowest BCUT2D eigenvalue weighted by molar-refractivity contribution is -0.147. The predicted molar refractivity (Wildman–Crippen MR) is 138 cm³/mol. The lowest BCUT2D eigenvalue weighted by atomic mass is 10.2. The maximum atomic E-state index is 12.2. The van der Waals surface area contributed by atoms with Gasteiger partial charge in [-0.1, -0.05) is 23.2 Å². The van der Waals surface area contributed by atoms with Crippen molar-refractivity contribution in [2.24, 2.45) is 0 Å². The Morgan fingerprint density at radius 2 is 1.31 bits per heavy atom. The van der Waals surface area contributed by atoms with Crippen LogP contribution in [0.3, 0.4) is 0 Å². The van der Waals surface area contributed by atoms with Gasteiger partial charge in [0.05, 0.1) is 17.2 Å². The molecule has 0 saturated carbocycles. The van der Waals surface area contributed by atoms with Crippen LogP contribution in [0.1, 0.15) is 19.3 Å². The van der Waals surface area contributed by atoms with Gasteiger partial charge in [0.2, 0.25) is 5.91 Å². The van der Waals surface area contributed by atoms with E-state index in [0.717, 1.165) is 5.75 Å². The molecule has 0 radical (unpaired) electrons. The third-order valence-corrected chi connectivity index (χ3v) is 5.52. The van der Waals surface area contributed by atoms with Crippen LogP contribution in [0, 0.1) is 0 Å². The van der Waals surface area contributed by atoms with Gasteiger partial charge in [0, 0.05) is 24.2 Å². The zero-order chi connectivity index (χ0) is 25.9. The van der Waals surface area contributed by atoms with Gasteiger partial charge in [-0.25, -0.2) is 0 Å². The van der Waals surface area contributed by atoms with Crippen molar-refractivity contribution in [1.29, 1.82) is 0 Å². The Morgan fingerprint density at radius 3 is 1.94 bits per heavy atom. The quantitative estimate of drug-likeness (QED) is 0.291. The minimum Gasteiger partial charge on any atom is -0.497 e. The Morgan fingerprint density at radius 1 is 0.722 bits per heavy atom. The molecule has 0 spiro atoms. The van der Waals surface area contributed by atoms with E-state index >= 15 is 0 Å². The largest absolute Gasteiger partial charge is 0.497 e. The number of amides is 2. The standard InChI is InChI=1S/C26H24Cl2N2O6/c1-34-19-10-12-21(13-11-19)36-20-8-5-17(6-9-20)29-24(31)3-2-4-26(33)35-16-25(32)30-18-7-14-22(27)23(28)15-18/h5-15H,2-4,16H2,1H3,(H,29,31)(H,30,32). The summed E-state index contributed by atoms with van der Waals surface area (Å²) in [6.45, 7) is -0.448. The molecule has 188 valence electrons. The zero-order valence-electron chi connectivity index (χ0n) is 19.4. The van der Waals surface area contributed by atoms with Crippen LogP contribution in [0.4, 0.5) is 11.4 Å². The molecule has 0 aliphatic carbocycles. The Balaban J connectivity index is 1.33. The van der Waals surface area contributed by atoms with E-state index in [4.69, 9.17) is 37.4 Å². The Bertz CT molecular complexity index is 1200. The summed E-state index contributed by atoms with van der Waals surface area (Å²) in [7, 11) is 1.59. The maximum Gasteiger partial charge on any atom is 0.306 e. The molecular weight excluding hydrogens is 507 g/mol. The van der Waals surface area contributed by atoms with Crippen molar-refractivity contribution < 1.29 is 28.6 Å². The first-order chi connectivity index (χ1) is 17.3. The smallest absolute Gasteiger partial charge is 0.306 e. The van der Waals surface area contributed by atoms with Crippen LogP contribution in [0.5, 0.6) is 17.2 Å². The van der Waals surface area contributed by atoms with E-state index in [1.165, 1.54) is 6.07 Å². The number of benzene rings is 3. The van der Waals surface area contributed by atoms with Crippen molar-refractivity contribution in [2.45, 2.75) is 19.3 Å². The van der Waals surface area contributed by atoms with Gasteiger partial charge in [-0.3, -0.25) is 14.4 Å². The first-order valence-electron chi connectivity index (χ1n) is 10.9. The maximum absolute atomic E-state index is 12.2. The molecule has 2 amide bonds. The molecule has 0 atom stereocenters. The summed E-state index contributed by atoms with van der Waals surface area (Å²) in [5.41, 5.74) is 1.03. The van der Waals surface area contributed by atoms with Crippen LogP contribution in [-0.4, -0.2) is 31.5 Å². The van der Waals surface area contributed by atoms with Crippen LogP contribution >= 0.6 is 23.2 Å². The molecule has 8 nitrogen and oxygen atoms in total. The molecule has 0 aromatic heterocycles. The lowest BCUT2D eigenvalue weighted by Gasteiger charge is -2.09. The zero-order valence-corrected chi connectivity index (χ0v) is 20.9. The van der Waals surface area contributed by atoms with Crippen molar-refractivity contribution in [1.82, 2.24) is 0 Å². The van der Waals surface area contributed by atoms with Gasteiger partial charge in [-0.15, -0.1) is 0 Å². The van der Waals surface area contributed by atoms with E-state index in [9.17, 15) is 14.4 Å². The number of rotatable bonds is 11. The molecule has 0 bridgehead atoms. The number of nitrogens with one attached hydrogen (secondary N) is 2. The molecule has 3 aromatic carbocycles. The Labute approximate surface area is 218 Å². The molecule has 0 heterocycles. The van der Waals surface area contributed by atoms with Gasteiger partial charge in [-0.2, -0.15) is 0 Å². The molecule has 0 aliphatic heterocycles. The molecule has 36 heavy (non-hydrogen) atoms. The highest BCUT2D eigenvalue weighted by Gasteiger charge is 2.11. The average molecular weight is 531 g/mol. The second kappa shape index (κ2) is 13.4. The monoisotopic (exact) mass is 530 g/mol. The van der Waals surface area contributed by atoms with Gasteiger partial charge in [-0.05, 0) is 73.2 Å². The van der Waals surface area contributed by atoms with Crippen molar-refractivity contribution >= 4 is 52.4 Å². The highest BCUT2D eigenvalue weighted by molar-refractivity contribution is 6.42. The number of hydrogen-bond donors (Lipinski definition) is 2. The first kappa shape index (κ1) is 26.8. The summed E-state index contributed by atoms with van der Waals surface area (Å²) in [5.74, 6) is 0.671. The Kier molecular flexibility index (Phi) is 9.97. The van der Waals surface area contributed by atoms with E-state index in [1.807, 2.05) is 0 Å². The van der Waals surface area contributed by atoms with E-state index in [2.05, 4.69) is 10.6 Å². The lowest BCUT2D eigenvalue weighted by Crippen LogP contribution is -2.21. The third kappa shape index (κ3) is 8.79. The molecule has 3 rings (SSSR count). The number of ether oxygens (including phenoxy) is 3. The summed E-state index contributed by atoms with van der Waals surface area (Å²) in [5, 5.41) is 5.97. The number of carbonyl (C=O) groups excluding carboxylic acids is 3. The summed E-state index contributed by atoms with van der Waals surface area (Å²) in [6.07, 6.45) is 0.397. The summed E-state index contributed by atoms with van der Waals surface area (Å²) in [6, 6.07) is 18.7. The number of anilines is 2. The molecule has 0 saturated heterocycles. The van der Waals surface area contributed by atoms with E-state index < -0.39 is 18.5 Å². The summed E-state index contributed by atoms with van der Waals surface area (Å²) < 4.78 is 15.8. The second-order valence-corrected chi connectivity index (χ2v) is 8.36. The number of hydrogen-bond acceptors (Lipinski definition) is 6. The minimum atomic E-state index is -0.577. The molecule has 3 aromatic rings. The highest BCUT2D eigenvalue weighted by Crippen LogP contribution is 2.26.